The van der Waals surface area contributed by atoms with Gasteiger partial charge in [0.05, 0.1) is 11.5 Å². The van der Waals surface area contributed by atoms with Gasteiger partial charge in [0.25, 0.3) is 0 Å². The van der Waals surface area contributed by atoms with E-state index in [1.165, 1.54) is 0 Å². The zero-order valence-corrected chi connectivity index (χ0v) is 9.72. The SMILES string of the molecule is CCC(CN)C(=O)NC1CCS(=O)(=O)C1. The van der Waals surface area contributed by atoms with Crippen LogP contribution in [0.15, 0.2) is 0 Å². The van der Waals surface area contributed by atoms with Crippen LogP contribution in [0.3, 0.4) is 0 Å². The molecule has 1 fully saturated rings. The maximum Gasteiger partial charge on any atom is 0.224 e. The molecule has 0 aromatic rings. The summed E-state index contributed by atoms with van der Waals surface area (Å²) in [6.45, 7) is 2.20. The average molecular weight is 234 g/mol. The van der Waals surface area contributed by atoms with Crippen molar-refractivity contribution in [3.63, 3.8) is 0 Å². The lowest BCUT2D eigenvalue weighted by atomic mass is 10.1. The zero-order valence-electron chi connectivity index (χ0n) is 8.90. The van der Waals surface area contributed by atoms with Gasteiger partial charge in [0.1, 0.15) is 0 Å². The van der Waals surface area contributed by atoms with E-state index in [0.29, 0.717) is 19.4 Å². The maximum absolute atomic E-state index is 11.6. The molecule has 1 amide bonds. The van der Waals surface area contributed by atoms with Crippen LogP contribution < -0.4 is 11.1 Å². The molecule has 1 rings (SSSR count). The van der Waals surface area contributed by atoms with Gasteiger partial charge in [-0.1, -0.05) is 6.92 Å². The highest BCUT2D eigenvalue weighted by Crippen LogP contribution is 2.12. The molecule has 88 valence electrons. The van der Waals surface area contributed by atoms with Gasteiger partial charge in [-0.25, -0.2) is 8.42 Å². The third-order valence-electron chi connectivity index (χ3n) is 2.73. The molecule has 2 atom stereocenters. The molecule has 1 aliphatic heterocycles. The Labute approximate surface area is 90.3 Å². The van der Waals surface area contributed by atoms with E-state index in [-0.39, 0.29) is 29.4 Å². The van der Waals surface area contributed by atoms with Crippen LogP contribution in [-0.4, -0.2) is 38.4 Å². The minimum Gasteiger partial charge on any atom is -0.352 e. The van der Waals surface area contributed by atoms with E-state index in [4.69, 9.17) is 5.73 Å². The Balaban J connectivity index is 2.46. The van der Waals surface area contributed by atoms with Gasteiger partial charge in [-0.05, 0) is 12.8 Å². The molecule has 0 aliphatic carbocycles. The van der Waals surface area contributed by atoms with Crippen molar-refractivity contribution in [3.8, 4) is 0 Å². The first-order chi connectivity index (χ1) is 6.98. The van der Waals surface area contributed by atoms with Crippen LogP contribution in [0.25, 0.3) is 0 Å². The summed E-state index contributed by atoms with van der Waals surface area (Å²) in [6, 6.07) is -0.219. The fourth-order valence-corrected chi connectivity index (χ4v) is 3.36. The number of amides is 1. The topological polar surface area (TPSA) is 89.3 Å². The molecule has 1 heterocycles. The van der Waals surface area contributed by atoms with E-state index in [1.807, 2.05) is 6.92 Å². The lowest BCUT2D eigenvalue weighted by Gasteiger charge is -2.16. The fourth-order valence-electron chi connectivity index (χ4n) is 1.69. The van der Waals surface area contributed by atoms with Crippen LogP contribution in [0, 0.1) is 5.92 Å². The third kappa shape index (κ3) is 3.46. The number of carbonyl (C=O) groups is 1. The molecule has 1 aliphatic rings. The maximum atomic E-state index is 11.6. The Morgan fingerprint density at radius 1 is 1.60 bits per heavy atom. The molecule has 3 N–H and O–H groups in total. The Hall–Kier alpha value is -0.620. The summed E-state index contributed by atoms with van der Waals surface area (Å²) in [4.78, 5) is 11.6. The number of nitrogens with two attached hydrogens (primary N) is 1. The van der Waals surface area contributed by atoms with Gasteiger partial charge in [-0.2, -0.15) is 0 Å². The van der Waals surface area contributed by atoms with Crippen molar-refractivity contribution >= 4 is 15.7 Å². The molecule has 0 radical (unpaired) electrons. The van der Waals surface area contributed by atoms with Crippen LogP contribution in [-0.2, 0) is 14.6 Å². The predicted octanol–water partition coefficient (Wildman–Crippen LogP) is -0.725. The molecule has 0 spiro atoms. The van der Waals surface area contributed by atoms with E-state index >= 15 is 0 Å². The summed E-state index contributed by atoms with van der Waals surface area (Å²) in [6.07, 6.45) is 1.21. The number of rotatable bonds is 4. The predicted molar refractivity (Wildman–Crippen MR) is 58.0 cm³/mol. The number of sulfone groups is 1. The quantitative estimate of drug-likeness (QED) is 0.671. The molecule has 0 saturated carbocycles. The molecule has 5 nitrogen and oxygen atoms in total. The van der Waals surface area contributed by atoms with Gasteiger partial charge in [0, 0.05) is 18.5 Å². The van der Waals surface area contributed by atoms with E-state index in [9.17, 15) is 13.2 Å². The molecule has 15 heavy (non-hydrogen) atoms. The number of hydrogen-bond acceptors (Lipinski definition) is 4. The monoisotopic (exact) mass is 234 g/mol. The fraction of sp³-hybridized carbons (Fsp3) is 0.889. The second kappa shape index (κ2) is 4.94. The Bertz CT molecular complexity index is 322. The van der Waals surface area contributed by atoms with E-state index in [1.54, 1.807) is 0 Å². The normalized spacial score (nSPS) is 26.1. The van der Waals surface area contributed by atoms with Crippen molar-refractivity contribution in [1.29, 1.82) is 0 Å². The highest BCUT2D eigenvalue weighted by atomic mass is 32.2. The van der Waals surface area contributed by atoms with Gasteiger partial charge in [-0.3, -0.25) is 4.79 Å². The highest BCUT2D eigenvalue weighted by molar-refractivity contribution is 7.91. The van der Waals surface area contributed by atoms with Crippen LogP contribution in [0.2, 0.25) is 0 Å². The Kier molecular flexibility index (Phi) is 4.10. The van der Waals surface area contributed by atoms with Gasteiger partial charge < -0.3 is 11.1 Å². The Morgan fingerprint density at radius 2 is 2.27 bits per heavy atom. The smallest absolute Gasteiger partial charge is 0.224 e. The first-order valence-electron chi connectivity index (χ1n) is 5.19. The van der Waals surface area contributed by atoms with E-state index < -0.39 is 9.84 Å². The molecule has 0 aromatic heterocycles. The van der Waals surface area contributed by atoms with Crippen molar-refractivity contribution in [2.45, 2.75) is 25.8 Å². The second-order valence-corrected chi connectivity index (χ2v) is 6.18. The minimum atomic E-state index is -2.93. The number of carbonyl (C=O) groups excluding carboxylic acids is 1. The van der Waals surface area contributed by atoms with Crippen molar-refractivity contribution in [2.24, 2.45) is 11.7 Å². The molecular weight excluding hydrogens is 216 g/mol. The molecule has 2 unspecified atom stereocenters. The first-order valence-corrected chi connectivity index (χ1v) is 7.01. The molecule has 0 aromatic carbocycles. The van der Waals surface area contributed by atoms with Gasteiger partial charge >= 0.3 is 0 Å². The highest BCUT2D eigenvalue weighted by Gasteiger charge is 2.30. The van der Waals surface area contributed by atoms with Crippen molar-refractivity contribution in [2.75, 3.05) is 18.1 Å². The van der Waals surface area contributed by atoms with Crippen LogP contribution in [0.5, 0.6) is 0 Å². The first kappa shape index (κ1) is 12.4. The lowest BCUT2D eigenvalue weighted by molar-refractivity contribution is -0.125. The van der Waals surface area contributed by atoms with Crippen LogP contribution in [0.4, 0.5) is 0 Å². The van der Waals surface area contributed by atoms with Crippen molar-refractivity contribution in [3.05, 3.63) is 0 Å². The van der Waals surface area contributed by atoms with E-state index in [0.717, 1.165) is 0 Å². The standard InChI is InChI=1S/C9H18N2O3S/c1-2-7(5-10)9(12)11-8-3-4-15(13,14)6-8/h7-8H,2-6,10H2,1H3,(H,11,12). The van der Waals surface area contributed by atoms with Gasteiger partial charge in [0.15, 0.2) is 9.84 Å². The summed E-state index contributed by atoms with van der Waals surface area (Å²) >= 11 is 0. The summed E-state index contributed by atoms with van der Waals surface area (Å²) < 4.78 is 22.3. The summed E-state index contributed by atoms with van der Waals surface area (Å²) in [5.41, 5.74) is 5.43. The number of hydrogen-bond donors (Lipinski definition) is 2. The largest absolute Gasteiger partial charge is 0.352 e. The molecule has 6 heteroatoms. The lowest BCUT2D eigenvalue weighted by Crippen LogP contribution is -2.41. The average Bonchev–Trinajstić information content (AvgIpc) is 2.47. The summed E-state index contributed by atoms with van der Waals surface area (Å²) in [5.74, 6) is -0.0766. The zero-order chi connectivity index (χ0) is 11.5. The second-order valence-electron chi connectivity index (χ2n) is 3.95. The Morgan fingerprint density at radius 3 is 2.67 bits per heavy atom. The molecule has 1 saturated heterocycles. The molecule has 0 bridgehead atoms. The van der Waals surface area contributed by atoms with Crippen LogP contribution in [0.1, 0.15) is 19.8 Å². The minimum absolute atomic E-state index is 0.0692. The van der Waals surface area contributed by atoms with Gasteiger partial charge in [0.2, 0.25) is 5.91 Å². The number of nitrogens with one attached hydrogen (secondary N) is 1. The summed E-state index contributed by atoms with van der Waals surface area (Å²) in [5, 5.41) is 2.74. The molecular formula is C9H18N2O3S. The third-order valence-corrected chi connectivity index (χ3v) is 4.49. The van der Waals surface area contributed by atoms with Gasteiger partial charge in [-0.15, -0.1) is 0 Å². The van der Waals surface area contributed by atoms with Crippen molar-refractivity contribution < 1.29 is 13.2 Å². The summed E-state index contributed by atoms with van der Waals surface area (Å²) in [7, 11) is -2.93. The van der Waals surface area contributed by atoms with E-state index in [2.05, 4.69) is 5.32 Å². The van der Waals surface area contributed by atoms with Crippen LogP contribution >= 0.6 is 0 Å². The van der Waals surface area contributed by atoms with Crippen molar-refractivity contribution in [1.82, 2.24) is 5.32 Å².